The van der Waals surface area contributed by atoms with Gasteiger partial charge in [-0.3, -0.25) is 9.52 Å². The molecule has 0 amide bonds. The maximum Gasteiger partial charge on any atom is 0.331 e. The maximum atomic E-state index is 12.6. The number of aromatic nitrogens is 1. The maximum absolute atomic E-state index is 12.6. The summed E-state index contributed by atoms with van der Waals surface area (Å²) in [6.45, 7) is 3.37. The monoisotopic (exact) mass is 482 g/mol. The summed E-state index contributed by atoms with van der Waals surface area (Å²) in [5.41, 5.74) is 3.28. The van der Waals surface area contributed by atoms with Gasteiger partial charge in [-0.05, 0) is 68.0 Å². The standard InChI is InChI=1S/C25H26N2O6S/c1-17-15-23(18(2)27(17)3)24(28)16-33-25(29)14-7-19-5-12-22(13-6-19)34(30,31)26-20-8-10-21(32-4)11-9-20/h5-15,26H,16H2,1-4H3/b14-7+. The fourth-order valence-corrected chi connectivity index (χ4v) is 4.25. The smallest absolute Gasteiger partial charge is 0.331 e. The van der Waals surface area contributed by atoms with Crippen LogP contribution in [0.4, 0.5) is 5.69 Å². The number of aryl methyl sites for hydroxylation is 1. The lowest BCUT2D eigenvalue weighted by Crippen LogP contribution is -2.13. The number of hydrogen-bond donors (Lipinski definition) is 1. The van der Waals surface area contributed by atoms with Crippen molar-refractivity contribution in [3.8, 4) is 5.75 Å². The van der Waals surface area contributed by atoms with E-state index in [0.717, 1.165) is 11.4 Å². The predicted octanol–water partition coefficient (Wildman–Crippen LogP) is 3.89. The molecule has 0 atom stereocenters. The van der Waals surface area contributed by atoms with Gasteiger partial charge < -0.3 is 14.0 Å². The molecule has 3 rings (SSSR count). The number of ketones is 1. The van der Waals surface area contributed by atoms with Crippen molar-refractivity contribution in [2.75, 3.05) is 18.4 Å². The molecule has 3 aromatic rings. The Morgan fingerprint density at radius 3 is 2.24 bits per heavy atom. The van der Waals surface area contributed by atoms with Gasteiger partial charge in [0.05, 0.1) is 12.0 Å². The van der Waals surface area contributed by atoms with E-state index in [4.69, 9.17) is 9.47 Å². The second kappa shape index (κ2) is 10.4. The minimum absolute atomic E-state index is 0.0714. The number of hydrogen-bond acceptors (Lipinski definition) is 6. The molecule has 0 saturated carbocycles. The van der Waals surface area contributed by atoms with Crippen molar-refractivity contribution in [3.63, 3.8) is 0 Å². The highest BCUT2D eigenvalue weighted by Crippen LogP contribution is 2.20. The van der Waals surface area contributed by atoms with E-state index in [1.54, 1.807) is 42.5 Å². The Morgan fingerprint density at radius 2 is 1.68 bits per heavy atom. The quantitative estimate of drug-likeness (QED) is 0.282. The summed E-state index contributed by atoms with van der Waals surface area (Å²) >= 11 is 0. The van der Waals surface area contributed by atoms with Crippen molar-refractivity contribution < 1.29 is 27.5 Å². The summed E-state index contributed by atoms with van der Waals surface area (Å²) < 4.78 is 39.7. The van der Waals surface area contributed by atoms with E-state index >= 15 is 0 Å². The molecule has 0 aliphatic carbocycles. The van der Waals surface area contributed by atoms with Crippen LogP contribution in [0.2, 0.25) is 0 Å². The first-order valence-electron chi connectivity index (χ1n) is 10.4. The fourth-order valence-electron chi connectivity index (χ4n) is 3.20. The van der Waals surface area contributed by atoms with Crippen LogP contribution in [-0.4, -0.2) is 38.5 Å². The highest BCUT2D eigenvalue weighted by Gasteiger charge is 2.16. The number of carbonyl (C=O) groups excluding carboxylic acids is 2. The molecule has 2 aromatic carbocycles. The van der Waals surface area contributed by atoms with Crippen molar-refractivity contribution >= 4 is 33.5 Å². The average molecular weight is 483 g/mol. The number of carbonyl (C=O) groups is 2. The van der Waals surface area contributed by atoms with Crippen LogP contribution in [0.15, 0.2) is 65.6 Å². The predicted molar refractivity (Wildman–Crippen MR) is 129 cm³/mol. The number of rotatable bonds is 9. The number of nitrogens with one attached hydrogen (secondary N) is 1. The molecule has 0 bridgehead atoms. The van der Waals surface area contributed by atoms with E-state index in [1.165, 1.54) is 31.4 Å². The number of Topliss-reactive ketones (excluding diaryl/α,β-unsaturated/α-hetero) is 1. The van der Waals surface area contributed by atoms with Gasteiger partial charge in [0, 0.05) is 35.8 Å². The van der Waals surface area contributed by atoms with Gasteiger partial charge in [0.25, 0.3) is 10.0 Å². The van der Waals surface area contributed by atoms with Crippen LogP contribution in [0.25, 0.3) is 6.08 Å². The third-order valence-electron chi connectivity index (χ3n) is 5.37. The molecule has 9 heteroatoms. The number of methoxy groups -OCH3 is 1. The molecule has 0 unspecified atom stereocenters. The van der Waals surface area contributed by atoms with E-state index in [1.807, 2.05) is 25.5 Å². The van der Waals surface area contributed by atoms with Crippen molar-refractivity contribution in [2.45, 2.75) is 18.7 Å². The lowest BCUT2D eigenvalue weighted by molar-refractivity contribution is -0.136. The van der Waals surface area contributed by atoms with Gasteiger partial charge in [-0.15, -0.1) is 0 Å². The fraction of sp³-hybridized carbons (Fsp3) is 0.200. The normalized spacial score (nSPS) is 11.4. The topological polar surface area (TPSA) is 104 Å². The molecule has 1 aromatic heterocycles. The number of benzene rings is 2. The Hall–Kier alpha value is -3.85. The molecule has 1 N–H and O–H groups in total. The Morgan fingerprint density at radius 1 is 1.03 bits per heavy atom. The van der Waals surface area contributed by atoms with Crippen LogP contribution >= 0.6 is 0 Å². The summed E-state index contributed by atoms with van der Waals surface area (Å²) in [7, 11) is -0.385. The van der Waals surface area contributed by atoms with E-state index in [0.29, 0.717) is 22.6 Å². The summed E-state index contributed by atoms with van der Waals surface area (Å²) in [4.78, 5) is 24.4. The first kappa shape index (κ1) is 24.8. The van der Waals surface area contributed by atoms with Gasteiger partial charge in [0.1, 0.15) is 5.75 Å². The van der Waals surface area contributed by atoms with Gasteiger partial charge in [-0.2, -0.15) is 0 Å². The molecule has 0 aliphatic rings. The van der Waals surface area contributed by atoms with E-state index in [2.05, 4.69) is 4.72 Å². The minimum atomic E-state index is -3.78. The van der Waals surface area contributed by atoms with Crippen LogP contribution in [0.1, 0.15) is 27.3 Å². The SMILES string of the molecule is COc1ccc(NS(=O)(=O)c2ccc(/C=C/C(=O)OCC(=O)c3cc(C)n(C)c3C)cc2)cc1. The van der Waals surface area contributed by atoms with Gasteiger partial charge in [-0.1, -0.05) is 12.1 Å². The second-order valence-electron chi connectivity index (χ2n) is 7.61. The molecule has 178 valence electrons. The zero-order chi connectivity index (χ0) is 24.9. The zero-order valence-corrected chi connectivity index (χ0v) is 20.2. The molecule has 0 radical (unpaired) electrons. The van der Waals surface area contributed by atoms with Gasteiger partial charge >= 0.3 is 5.97 Å². The Labute approximate surface area is 198 Å². The highest BCUT2D eigenvalue weighted by molar-refractivity contribution is 7.92. The highest BCUT2D eigenvalue weighted by atomic mass is 32.2. The van der Waals surface area contributed by atoms with Crippen molar-refractivity contribution in [1.29, 1.82) is 0 Å². The molecule has 0 spiro atoms. The third-order valence-corrected chi connectivity index (χ3v) is 6.76. The number of esters is 1. The Bertz CT molecular complexity index is 1320. The average Bonchev–Trinajstić information content (AvgIpc) is 3.09. The van der Waals surface area contributed by atoms with Crippen LogP contribution in [-0.2, 0) is 26.6 Å². The largest absolute Gasteiger partial charge is 0.497 e. The van der Waals surface area contributed by atoms with Gasteiger partial charge in [0.15, 0.2) is 6.61 Å². The van der Waals surface area contributed by atoms with Crippen LogP contribution in [0.5, 0.6) is 5.75 Å². The summed E-state index contributed by atoms with van der Waals surface area (Å²) in [5.74, 6) is -0.328. The zero-order valence-electron chi connectivity index (χ0n) is 19.4. The molecule has 8 nitrogen and oxygen atoms in total. The van der Waals surface area contributed by atoms with Crippen molar-refractivity contribution in [1.82, 2.24) is 4.57 Å². The van der Waals surface area contributed by atoms with E-state index in [-0.39, 0.29) is 17.3 Å². The van der Waals surface area contributed by atoms with Crippen LogP contribution in [0.3, 0.4) is 0 Å². The number of ether oxygens (including phenoxy) is 2. The molecule has 34 heavy (non-hydrogen) atoms. The summed E-state index contributed by atoms with van der Waals surface area (Å²) in [5, 5.41) is 0. The number of sulfonamides is 1. The summed E-state index contributed by atoms with van der Waals surface area (Å²) in [6.07, 6.45) is 2.67. The van der Waals surface area contributed by atoms with E-state index in [9.17, 15) is 18.0 Å². The van der Waals surface area contributed by atoms with Gasteiger partial charge in [0.2, 0.25) is 5.78 Å². The minimum Gasteiger partial charge on any atom is -0.497 e. The second-order valence-corrected chi connectivity index (χ2v) is 9.29. The molecule has 0 aliphatic heterocycles. The molecular weight excluding hydrogens is 456 g/mol. The molecular formula is C25H26N2O6S. The molecule has 1 heterocycles. The third kappa shape index (κ3) is 5.93. The van der Waals surface area contributed by atoms with E-state index < -0.39 is 16.0 Å². The Kier molecular flexibility index (Phi) is 7.57. The number of anilines is 1. The van der Waals surface area contributed by atoms with Crippen LogP contribution < -0.4 is 9.46 Å². The van der Waals surface area contributed by atoms with Crippen molar-refractivity contribution in [2.24, 2.45) is 7.05 Å². The first-order chi connectivity index (χ1) is 16.1. The Balaban J connectivity index is 1.57. The van der Waals surface area contributed by atoms with Crippen LogP contribution in [0, 0.1) is 13.8 Å². The lowest BCUT2D eigenvalue weighted by atomic mass is 10.1. The first-order valence-corrected chi connectivity index (χ1v) is 11.9. The molecule has 0 saturated heterocycles. The number of nitrogens with zero attached hydrogens (tertiary/aromatic N) is 1. The van der Waals surface area contributed by atoms with Crippen molar-refractivity contribution in [3.05, 3.63) is 83.2 Å². The van der Waals surface area contributed by atoms with Gasteiger partial charge in [-0.25, -0.2) is 13.2 Å². The summed E-state index contributed by atoms with van der Waals surface area (Å²) in [6, 6.07) is 14.3. The molecule has 0 fully saturated rings. The lowest BCUT2D eigenvalue weighted by Gasteiger charge is -2.09.